The fourth-order valence-electron chi connectivity index (χ4n) is 3.11. The van der Waals surface area contributed by atoms with Crippen molar-refractivity contribution in [3.8, 4) is 0 Å². The third kappa shape index (κ3) is 2.43. The molecular weight excluding hydrogens is 314 g/mol. The van der Waals surface area contributed by atoms with Gasteiger partial charge in [-0.3, -0.25) is 0 Å². The third-order valence-corrected chi connectivity index (χ3v) is 4.30. The van der Waals surface area contributed by atoms with E-state index in [1.54, 1.807) is 6.08 Å². The van der Waals surface area contributed by atoms with Gasteiger partial charge >= 0.3 is 0 Å². The summed E-state index contributed by atoms with van der Waals surface area (Å²) in [4.78, 5) is 20.4. The zero-order valence-electron chi connectivity index (χ0n) is 13.3. The SMILES string of the molecule is OC1C=C(c2nc3ccccc3[nH]2)N=C(c2nc3ccccc3[nH]2)C1. The molecule has 1 unspecified atom stereocenters. The Kier molecular flexibility index (Phi) is 3.05. The molecule has 6 heteroatoms. The largest absolute Gasteiger partial charge is 0.389 e. The molecular formula is C19H15N5O. The van der Waals surface area contributed by atoms with Crippen LogP contribution < -0.4 is 0 Å². The first kappa shape index (κ1) is 14.1. The van der Waals surface area contributed by atoms with Gasteiger partial charge in [0, 0.05) is 6.42 Å². The Bertz CT molecular complexity index is 1080. The van der Waals surface area contributed by atoms with Crippen LogP contribution in [0.25, 0.3) is 27.8 Å². The van der Waals surface area contributed by atoms with Gasteiger partial charge < -0.3 is 15.1 Å². The van der Waals surface area contributed by atoms with Crippen molar-refractivity contribution in [1.29, 1.82) is 0 Å². The van der Waals surface area contributed by atoms with Crippen molar-refractivity contribution >= 4 is 33.5 Å². The molecule has 0 saturated heterocycles. The number of benzene rings is 2. The number of para-hydroxylation sites is 4. The van der Waals surface area contributed by atoms with Gasteiger partial charge in [0.2, 0.25) is 0 Å². The van der Waals surface area contributed by atoms with Gasteiger partial charge in [0.05, 0.1) is 33.9 Å². The zero-order chi connectivity index (χ0) is 16.8. The molecule has 1 aliphatic rings. The quantitative estimate of drug-likeness (QED) is 0.528. The van der Waals surface area contributed by atoms with Crippen molar-refractivity contribution in [3.05, 3.63) is 66.3 Å². The highest BCUT2D eigenvalue weighted by atomic mass is 16.3. The molecule has 2 aromatic heterocycles. The Hall–Kier alpha value is -3.25. The average Bonchev–Trinajstić information content (AvgIpc) is 3.25. The number of aliphatic imine (C=N–C) groups is 1. The maximum absolute atomic E-state index is 10.3. The Morgan fingerprint density at radius 2 is 1.44 bits per heavy atom. The van der Waals surface area contributed by atoms with Gasteiger partial charge in [0.25, 0.3) is 0 Å². The van der Waals surface area contributed by atoms with Crippen LogP contribution in [0.3, 0.4) is 0 Å². The summed E-state index contributed by atoms with van der Waals surface area (Å²) < 4.78 is 0. The summed E-state index contributed by atoms with van der Waals surface area (Å²) in [7, 11) is 0. The molecule has 0 saturated carbocycles. The number of hydrogen-bond donors (Lipinski definition) is 3. The number of aromatic amines is 2. The van der Waals surface area contributed by atoms with E-state index in [4.69, 9.17) is 4.99 Å². The van der Waals surface area contributed by atoms with Crippen molar-refractivity contribution in [3.63, 3.8) is 0 Å². The molecule has 5 rings (SSSR count). The molecule has 0 amide bonds. The predicted molar refractivity (Wildman–Crippen MR) is 97.3 cm³/mol. The highest BCUT2D eigenvalue weighted by Crippen LogP contribution is 2.24. The molecule has 1 atom stereocenters. The lowest BCUT2D eigenvalue weighted by molar-refractivity contribution is 0.231. The Labute approximate surface area is 143 Å². The van der Waals surface area contributed by atoms with Crippen LogP contribution in [-0.2, 0) is 0 Å². The van der Waals surface area contributed by atoms with Crippen LogP contribution in [0.15, 0.2) is 59.6 Å². The molecule has 0 radical (unpaired) electrons. The molecule has 4 aromatic rings. The first-order valence-electron chi connectivity index (χ1n) is 8.14. The lowest BCUT2D eigenvalue weighted by Crippen LogP contribution is -2.18. The second-order valence-electron chi connectivity index (χ2n) is 6.09. The summed E-state index contributed by atoms with van der Waals surface area (Å²) in [5, 5.41) is 10.3. The number of aliphatic hydroxyl groups is 1. The summed E-state index contributed by atoms with van der Waals surface area (Å²) in [5.41, 5.74) is 5.01. The molecule has 25 heavy (non-hydrogen) atoms. The van der Waals surface area contributed by atoms with Crippen LogP contribution in [0.2, 0.25) is 0 Å². The van der Waals surface area contributed by atoms with Gasteiger partial charge in [-0.1, -0.05) is 24.3 Å². The van der Waals surface area contributed by atoms with Gasteiger partial charge in [-0.05, 0) is 30.3 Å². The molecule has 0 bridgehead atoms. The standard InChI is InChI=1S/C19H15N5O/c25-11-9-16(18-21-12-5-1-2-6-13(12)22-18)20-17(10-11)19-23-14-7-3-4-8-15(14)24-19/h1-9,11,25H,10H2,(H,21,22)(H,23,24). The number of imidazole rings is 2. The molecule has 0 spiro atoms. The predicted octanol–water partition coefficient (Wildman–Crippen LogP) is 3.03. The summed E-state index contributed by atoms with van der Waals surface area (Å²) in [6.07, 6.45) is 1.52. The number of aromatic nitrogens is 4. The number of rotatable bonds is 2. The molecule has 1 aliphatic heterocycles. The minimum absolute atomic E-state index is 0.420. The van der Waals surface area contributed by atoms with Crippen LogP contribution in [0.5, 0.6) is 0 Å². The number of aliphatic hydroxyl groups excluding tert-OH is 1. The van der Waals surface area contributed by atoms with E-state index in [0.29, 0.717) is 23.8 Å². The molecule has 122 valence electrons. The van der Waals surface area contributed by atoms with E-state index in [1.807, 2.05) is 48.5 Å². The van der Waals surface area contributed by atoms with Crippen molar-refractivity contribution in [2.24, 2.45) is 4.99 Å². The minimum atomic E-state index is -0.621. The Morgan fingerprint density at radius 3 is 2.12 bits per heavy atom. The van der Waals surface area contributed by atoms with Crippen LogP contribution >= 0.6 is 0 Å². The van der Waals surface area contributed by atoms with Crippen molar-refractivity contribution in [2.45, 2.75) is 12.5 Å². The van der Waals surface area contributed by atoms with E-state index in [1.165, 1.54) is 0 Å². The highest BCUT2D eigenvalue weighted by Gasteiger charge is 2.21. The van der Waals surface area contributed by atoms with Gasteiger partial charge in [-0.2, -0.15) is 0 Å². The van der Waals surface area contributed by atoms with Gasteiger partial charge in [-0.25, -0.2) is 15.0 Å². The lowest BCUT2D eigenvalue weighted by Gasteiger charge is -2.14. The van der Waals surface area contributed by atoms with E-state index in [-0.39, 0.29) is 0 Å². The van der Waals surface area contributed by atoms with E-state index in [2.05, 4.69) is 19.9 Å². The highest BCUT2D eigenvalue weighted by molar-refractivity contribution is 6.04. The molecule has 3 heterocycles. The monoisotopic (exact) mass is 329 g/mol. The number of nitrogens with one attached hydrogen (secondary N) is 2. The number of H-pyrrole nitrogens is 2. The normalized spacial score (nSPS) is 17.7. The number of nitrogens with zero attached hydrogens (tertiary/aromatic N) is 3. The molecule has 2 aromatic carbocycles. The van der Waals surface area contributed by atoms with Crippen LogP contribution in [0.4, 0.5) is 0 Å². The second-order valence-corrected chi connectivity index (χ2v) is 6.09. The van der Waals surface area contributed by atoms with Gasteiger partial charge in [0.15, 0.2) is 11.6 Å². The Morgan fingerprint density at radius 1 is 0.840 bits per heavy atom. The molecule has 3 N–H and O–H groups in total. The van der Waals surface area contributed by atoms with Crippen molar-refractivity contribution in [1.82, 2.24) is 19.9 Å². The van der Waals surface area contributed by atoms with Gasteiger partial charge in [0.1, 0.15) is 5.70 Å². The summed E-state index contributed by atoms with van der Waals surface area (Å²) in [5.74, 6) is 1.33. The first-order chi connectivity index (χ1) is 12.3. The minimum Gasteiger partial charge on any atom is -0.389 e. The summed E-state index contributed by atoms with van der Waals surface area (Å²) >= 11 is 0. The van der Waals surface area contributed by atoms with Crippen LogP contribution in [-0.4, -0.2) is 36.9 Å². The molecule has 0 fully saturated rings. The van der Waals surface area contributed by atoms with Gasteiger partial charge in [-0.15, -0.1) is 0 Å². The fourth-order valence-corrected chi connectivity index (χ4v) is 3.11. The van der Waals surface area contributed by atoms with Crippen molar-refractivity contribution < 1.29 is 5.11 Å². The maximum Gasteiger partial charge on any atom is 0.156 e. The second kappa shape index (κ2) is 5.39. The first-order valence-corrected chi connectivity index (χ1v) is 8.14. The van der Waals surface area contributed by atoms with E-state index in [9.17, 15) is 5.11 Å². The van der Waals surface area contributed by atoms with E-state index < -0.39 is 6.10 Å². The van der Waals surface area contributed by atoms with E-state index >= 15 is 0 Å². The molecule has 6 nitrogen and oxygen atoms in total. The maximum atomic E-state index is 10.3. The number of fused-ring (bicyclic) bond motifs is 2. The van der Waals surface area contributed by atoms with Crippen molar-refractivity contribution in [2.75, 3.05) is 0 Å². The van der Waals surface area contributed by atoms with Crippen LogP contribution in [0.1, 0.15) is 18.1 Å². The summed E-state index contributed by atoms with van der Waals surface area (Å²) in [6, 6.07) is 15.6. The van der Waals surface area contributed by atoms with Crippen LogP contribution in [0, 0.1) is 0 Å². The smallest absolute Gasteiger partial charge is 0.156 e. The Balaban J connectivity index is 1.59. The number of hydrogen-bond acceptors (Lipinski definition) is 4. The fraction of sp³-hybridized carbons (Fsp3) is 0.105. The van der Waals surface area contributed by atoms with E-state index in [0.717, 1.165) is 27.8 Å². The third-order valence-electron chi connectivity index (χ3n) is 4.30. The lowest BCUT2D eigenvalue weighted by atomic mass is 10.1. The topological polar surface area (TPSA) is 89.9 Å². The summed E-state index contributed by atoms with van der Waals surface area (Å²) in [6.45, 7) is 0. The average molecular weight is 329 g/mol. The molecule has 0 aliphatic carbocycles. The zero-order valence-corrected chi connectivity index (χ0v) is 13.3.